The maximum Gasteiger partial charge on any atom is 0.278 e. The molecule has 0 radical (unpaired) electrons. The lowest BCUT2D eigenvalue weighted by Gasteiger charge is -1.86. The molecule has 5 heteroatoms. The Morgan fingerprint density at radius 2 is 2.60 bits per heavy atom. The topological polar surface area (TPSA) is 58.2 Å². The van der Waals surface area contributed by atoms with E-state index >= 15 is 0 Å². The summed E-state index contributed by atoms with van der Waals surface area (Å²) >= 11 is 0. The third-order valence-corrected chi connectivity index (χ3v) is 1.38. The second kappa shape index (κ2) is 3.26. The molecule has 0 aromatic rings. The van der Waals surface area contributed by atoms with Crippen LogP contribution in [0, 0.1) is 10.1 Å². The molecule has 1 N–H and O–H groups in total. The van der Waals surface area contributed by atoms with E-state index in [1.165, 1.54) is 0 Å². The number of nitro groups is 1. The van der Waals surface area contributed by atoms with Gasteiger partial charge in [-0.05, 0) is 0 Å². The Morgan fingerprint density at radius 3 is 3.10 bits per heavy atom. The molecule has 0 spiro atoms. The summed E-state index contributed by atoms with van der Waals surface area (Å²) in [7, 11) is 0. The first-order valence-corrected chi connectivity index (χ1v) is 3.19. The Kier molecular flexibility index (Phi) is 2.33. The van der Waals surface area contributed by atoms with Gasteiger partial charge in [0.1, 0.15) is 0 Å². The molecule has 56 valence electrons. The van der Waals surface area contributed by atoms with Crippen molar-refractivity contribution in [2.45, 2.75) is 0 Å². The van der Waals surface area contributed by atoms with Crippen molar-refractivity contribution in [3.8, 4) is 0 Å². The van der Waals surface area contributed by atoms with Gasteiger partial charge in [-0.15, -0.1) is 0 Å². The number of rotatable bonds is 2. The van der Waals surface area contributed by atoms with Crippen molar-refractivity contribution in [3.63, 3.8) is 0 Å². The molecular formula is C5H10N3O2+. The van der Waals surface area contributed by atoms with Crippen LogP contribution >= 0.6 is 0 Å². The maximum absolute atomic E-state index is 9.88. The van der Waals surface area contributed by atoms with Gasteiger partial charge in [0.15, 0.2) is 13.2 Å². The minimum absolute atomic E-state index is 0.0678. The normalized spacial score (nSPS) is 21.8. The minimum atomic E-state index is -0.335. The average Bonchev–Trinajstić information content (AvgIpc) is 2.34. The molecule has 0 unspecified atom stereocenters. The predicted octanol–water partition coefficient (Wildman–Crippen LogP) is -1.09. The van der Waals surface area contributed by atoms with Crippen molar-refractivity contribution in [2.24, 2.45) is 0 Å². The SMILES string of the molecule is O=[N+]([O-])CC=[N+]1CCNC1. The van der Waals surface area contributed by atoms with Crippen LogP contribution in [0.4, 0.5) is 0 Å². The average molecular weight is 144 g/mol. The van der Waals surface area contributed by atoms with E-state index in [4.69, 9.17) is 0 Å². The molecular weight excluding hydrogens is 134 g/mol. The fraction of sp³-hybridized carbons (Fsp3) is 0.800. The molecule has 1 fully saturated rings. The highest BCUT2D eigenvalue weighted by Crippen LogP contribution is 1.79. The van der Waals surface area contributed by atoms with Crippen molar-refractivity contribution in [2.75, 3.05) is 26.3 Å². The van der Waals surface area contributed by atoms with E-state index in [0.717, 1.165) is 19.8 Å². The summed E-state index contributed by atoms with van der Waals surface area (Å²) in [4.78, 5) is 9.55. The molecule has 1 heterocycles. The lowest BCUT2D eigenvalue weighted by molar-refractivity contribution is -0.521. The molecule has 0 aromatic carbocycles. The quantitative estimate of drug-likeness (QED) is 0.304. The van der Waals surface area contributed by atoms with Crippen molar-refractivity contribution < 1.29 is 9.50 Å². The van der Waals surface area contributed by atoms with Crippen molar-refractivity contribution >= 4 is 6.21 Å². The van der Waals surface area contributed by atoms with Crippen LogP contribution in [0.15, 0.2) is 0 Å². The zero-order chi connectivity index (χ0) is 7.40. The summed E-state index contributed by atoms with van der Waals surface area (Å²) in [6, 6.07) is 0. The molecule has 1 aliphatic rings. The minimum Gasteiger partial charge on any atom is -0.264 e. The van der Waals surface area contributed by atoms with Crippen LogP contribution in [0.2, 0.25) is 0 Å². The molecule has 0 aromatic heterocycles. The molecule has 0 bridgehead atoms. The third kappa shape index (κ3) is 2.10. The van der Waals surface area contributed by atoms with Crippen LogP contribution in [-0.2, 0) is 0 Å². The Labute approximate surface area is 58.5 Å². The van der Waals surface area contributed by atoms with Gasteiger partial charge in [-0.3, -0.25) is 15.4 Å². The third-order valence-electron chi connectivity index (χ3n) is 1.38. The van der Waals surface area contributed by atoms with E-state index in [0.29, 0.717) is 0 Å². The fourth-order valence-electron chi connectivity index (χ4n) is 0.862. The van der Waals surface area contributed by atoms with E-state index in [-0.39, 0.29) is 11.5 Å². The van der Waals surface area contributed by atoms with Crippen molar-refractivity contribution in [1.29, 1.82) is 0 Å². The highest BCUT2D eigenvalue weighted by molar-refractivity contribution is 5.52. The van der Waals surface area contributed by atoms with E-state index in [1.807, 2.05) is 4.58 Å². The molecule has 1 aliphatic heterocycles. The van der Waals surface area contributed by atoms with Gasteiger partial charge in [0.2, 0.25) is 6.21 Å². The van der Waals surface area contributed by atoms with Gasteiger partial charge in [-0.25, -0.2) is 4.58 Å². The molecule has 0 aliphatic carbocycles. The number of hydrogen-bond donors (Lipinski definition) is 1. The van der Waals surface area contributed by atoms with Gasteiger partial charge in [0.25, 0.3) is 6.54 Å². The lowest BCUT2D eigenvalue weighted by Crippen LogP contribution is -2.16. The highest BCUT2D eigenvalue weighted by atomic mass is 16.6. The number of nitrogens with zero attached hydrogens (tertiary/aromatic N) is 2. The Hall–Kier alpha value is -0.970. The number of hydrogen-bond acceptors (Lipinski definition) is 3. The van der Waals surface area contributed by atoms with E-state index in [2.05, 4.69) is 5.32 Å². The smallest absolute Gasteiger partial charge is 0.264 e. The summed E-state index contributed by atoms with van der Waals surface area (Å²) in [6.07, 6.45) is 1.61. The first kappa shape index (κ1) is 7.14. The van der Waals surface area contributed by atoms with Crippen LogP contribution in [0.3, 0.4) is 0 Å². The summed E-state index contributed by atoms with van der Waals surface area (Å²) in [6.45, 7) is 2.48. The van der Waals surface area contributed by atoms with Gasteiger partial charge in [0, 0.05) is 4.92 Å². The predicted molar refractivity (Wildman–Crippen MR) is 35.9 cm³/mol. The van der Waals surface area contributed by atoms with Crippen LogP contribution in [-0.4, -0.2) is 42.0 Å². The van der Waals surface area contributed by atoms with Crippen LogP contribution in [0.5, 0.6) is 0 Å². The fourth-order valence-corrected chi connectivity index (χ4v) is 0.862. The second-order valence-electron chi connectivity index (χ2n) is 2.17. The molecule has 1 rings (SSSR count). The summed E-state index contributed by atoms with van der Waals surface area (Å²) in [5.41, 5.74) is 0. The molecule has 0 saturated carbocycles. The Balaban J connectivity index is 2.31. The molecule has 1 saturated heterocycles. The van der Waals surface area contributed by atoms with Gasteiger partial charge >= 0.3 is 0 Å². The summed E-state index contributed by atoms with van der Waals surface area (Å²) in [5.74, 6) is 0. The van der Waals surface area contributed by atoms with Crippen LogP contribution in [0.25, 0.3) is 0 Å². The summed E-state index contributed by atoms with van der Waals surface area (Å²) in [5, 5.41) is 13.0. The van der Waals surface area contributed by atoms with Crippen molar-refractivity contribution in [3.05, 3.63) is 10.1 Å². The Morgan fingerprint density at radius 1 is 1.80 bits per heavy atom. The van der Waals surface area contributed by atoms with E-state index in [9.17, 15) is 10.1 Å². The van der Waals surface area contributed by atoms with Gasteiger partial charge < -0.3 is 0 Å². The molecule has 10 heavy (non-hydrogen) atoms. The first-order valence-electron chi connectivity index (χ1n) is 3.19. The number of nitrogens with one attached hydrogen (secondary N) is 1. The second-order valence-corrected chi connectivity index (χ2v) is 2.17. The highest BCUT2D eigenvalue weighted by Gasteiger charge is 2.11. The van der Waals surface area contributed by atoms with Gasteiger partial charge in [0.05, 0.1) is 6.54 Å². The standard InChI is InChI=1S/C5H10N3O2/c9-8(10)4-3-7-2-1-6-5-7/h3,6H,1-2,4-5H2/q+1. The zero-order valence-corrected chi connectivity index (χ0v) is 5.62. The zero-order valence-electron chi connectivity index (χ0n) is 5.62. The largest absolute Gasteiger partial charge is 0.278 e. The molecule has 0 amide bonds. The monoisotopic (exact) mass is 144 g/mol. The van der Waals surface area contributed by atoms with Crippen LogP contribution in [0.1, 0.15) is 0 Å². The molecule has 0 atom stereocenters. The van der Waals surface area contributed by atoms with Gasteiger partial charge in [-0.1, -0.05) is 0 Å². The Bertz CT molecular complexity index is 158. The first-order chi connectivity index (χ1) is 4.79. The van der Waals surface area contributed by atoms with Crippen molar-refractivity contribution in [1.82, 2.24) is 5.32 Å². The lowest BCUT2D eigenvalue weighted by atomic mass is 10.6. The van der Waals surface area contributed by atoms with Gasteiger partial charge in [-0.2, -0.15) is 0 Å². The molecule has 5 nitrogen and oxygen atoms in total. The maximum atomic E-state index is 9.88. The van der Waals surface area contributed by atoms with E-state index in [1.54, 1.807) is 6.21 Å². The van der Waals surface area contributed by atoms with Crippen LogP contribution < -0.4 is 5.32 Å². The summed E-state index contributed by atoms with van der Waals surface area (Å²) < 4.78 is 1.91. The van der Waals surface area contributed by atoms with E-state index < -0.39 is 0 Å².